The lowest BCUT2D eigenvalue weighted by Crippen LogP contribution is -2.27. The first-order valence-electron chi connectivity index (χ1n) is 11.5. The molecule has 0 atom stereocenters. The minimum Gasteiger partial charge on any atom is -0.492 e. The van der Waals surface area contributed by atoms with Crippen LogP contribution >= 0.6 is 35.6 Å². The van der Waals surface area contributed by atoms with E-state index in [0.717, 1.165) is 22.4 Å². The van der Waals surface area contributed by atoms with Gasteiger partial charge in [-0.25, -0.2) is 9.07 Å². The molecular formula is C28H21ClFN3O2S2. The van der Waals surface area contributed by atoms with Gasteiger partial charge in [-0.15, -0.1) is 0 Å². The van der Waals surface area contributed by atoms with E-state index in [1.807, 2.05) is 55.6 Å². The van der Waals surface area contributed by atoms with Crippen LogP contribution in [0.25, 0.3) is 23.0 Å². The van der Waals surface area contributed by atoms with Crippen molar-refractivity contribution in [2.24, 2.45) is 0 Å². The van der Waals surface area contributed by atoms with Gasteiger partial charge in [0.15, 0.2) is 0 Å². The van der Waals surface area contributed by atoms with Crippen molar-refractivity contribution in [2.45, 2.75) is 13.5 Å². The number of hydrogen-bond acceptors (Lipinski definition) is 5. The van der Waals surface area contributed by atoms with Crippen molar-refractivity contribution < 1.29 is 13.9 Å². The van der Waals surface area contributed by atoms with E-state index < -0.39 is 0 Å². The van der Waals surface area contributed by atoms with Crippen LogP contribution in [-0.4, -0.2) is 31.5 Å². The highest BCUT2D eigenvalue weighted by molar-refractivity contribution is 8.26. The lowest BCUT2D eigenvalue weighted by atomic mass is 10.1. The van der Waals surface area contributed by atoms with E-state index in [4.69, 9.17) is 33.7 Å². The normalized spacial score (nSPS) is 14.6. The van der Waals surface area contributed by atoms with Gasteiger partial charge >= 0.3 is 0 Å². The van der Waals surface area contributed by atoms with E-state index in [0.29, 0.717) is 32.3 Å². The Bertz CT molecular complexity index is 1500. The molecule has 186 valence electrons. The van der Waals surface area contributed by atoms with Gasteiger partial charge in [0.1, 0.15) is 21.6 Å². The van der Waals surface area contributed by atoms with E-state index >= 15 is 0 Å². The number of hydrogen-bond donors (Lipinski definition) is 0. The Balaban J connectivity index is 1.52. The molecule has 3 aromatic carbocycles. The molecule has 0 unspecified atom stereocenters. The van der Waals surface area contributed by atoms with E-state index in [9.17, 15) is 9.18 Å². The van der Waals surface area contributed by atoms with Gasteiger partial charge in [-0.1, -0.05) is 65.9 Å². The summed E-state index contributed by atoms with van der Waals surface area (Å²) in [5, 5.41) is 5.30. The molecule has 9 heteroatoms. The smallest absolute Gasteiger partial charge is 0.266 e. The van der Waals surface area contributed by atoms with Crippen molar-refractivity contribution in [3.63, 3.8) is 0 Å². The van der Waals surface area contributed by atoms with Crippen LogP contribution in [0, 0.1) is 5.82 Å². The van der Waals surface area contributed by atoms with E-state index in [1.165, 1.54) is 28.8 Å². The average Bonchev–Trinajstić information content (AvgIpc) is 3.43. The molecule has 5 rings (SSSR count). The summed E-state index contributed by atoms with van der Waals surface area (Å²) >= 11 is 13.2. The summed E-state index contributed by atoms with van der Waals surface area (Å²) in [6.45, 7) is 2.68. The highest BCUT2D eigenvalue weighted by Gasteiger charge is 2.32. The third-order valence-electron chi connectivity index (χ3n) is 5.68. The Kier molecular flexibility index (Phi) is 7.41. The number of benzene rings is 3. The molecule has 2 heterocycles. The van der Waals surface area contributed by atoms with Gasteiger partial charge in [-0.3, -0.25) is 9.69 Å². The van der Waals surface area contributed by atoms with E-state index in [2.05, 4.69) is 0 Å². The SMILES string of the molecule is CCOc1ccc(-c2nn(-c3ccccc3)cc2/C=C2\SC(=S)N(Cc3ccc(F)cc3)C2=O)cc1Cl. The molecule has 0 saturated carbocycles. The lowest BCUT2D eigenvalue weighted by molar-refractivity contribution is -0.122. The molecule has 5 nitrogen and oxygen atoms in total. The largest absolute Gasteiger partial charge is 0.492 e. The second-order valence-corrected chi connectivity index (χ2v) is 10.3. The second-order valence-electron chi connectivity index (χ2n) is 8.19. The summed E-state index contributed by atoms with van der Waals surface area (Å²) < 4.78 is 21.1. The van der Waals surface area contributed by atoms with Crippen molar-refractivity contribution >= 4 is 51.9 Å². The van der Waals surface area contributed by atoms with E-state index in [-0.39, 0.29) is 18.3 Å². The molecule has 4 aromatic rings. The number of rotatable bonds is 7. The highest BCUT2D eigenvalue weighted by atomic mass is 35.5. The number of thioether (sulfide) groups is 1. The summed E-state index contributed by atoms with van der Waals surface area (Å²) in [5.41, 5.74) is 3.87. The fourth-order valence-corrected chi connectivity index (χ4v) is 5.38. The fourth-order valence-electron chi connectivity index (χ4n) is 3.90. The first-order valence-corrected chi connectivity index (χ1v) is 13.1. The van der Waals surface area contributed by atoms with Crippen LogP contribution in [0.1, 0.15) is 18.1 Å². The first kappa shape index (κ1) is 25.2. The number of carbonyl (C=O) groups is 1. The number of nitrogens with zero attached hydrogens (tertiary/aromatic N) is 3. The fraction of sp³-hybridized carbons (Fsp3) is 0.107. The van der Waals surface area contributed by atoms with Gasteiger partial charge in [-0.05, 0) is 61.0 Å². The Morgan fingerprint density at radius 3 is 2.57 bits per heavy atom. The maximum absolute atomic E-state index is 13.3. The van der Waals surface area contributed by atoms with Crippen LogP contribution in [0.4, 0.5) is 4.39 Å². The molecule has 1 fully saturated rings. The van der Waals surface area contributed by atoms with Crippen LogP contribution in [0.2, 0.25) is 5.02 Å². The maximum Gasteiger partial charge on any atom is 0.266 e. The Hall–Kier alpha value is -3.46. The van der Waals surface area contributed by atoms with Gasteiger partial charge < -0.3 is 4.74 Å². The molecule has 0 radical (unpaired) electrons. The van der Waals surface area contributed by atoms with Gasteiger partial charge in [0.05, 0.1) is 28.8 Å². The maximum atomic E-state index is 13.3. The molecule has 0 aliphatic carbocycles. The molecule has 0 N–H and O–H groups in total. The predicted molar refractivity (Wildman–Crippen MR) is 150 cm³/mol. The zero-order valence-electron chi connectivity index (χ0n) is 19.7. The molecule has 0 bridgehead atoms. The lowest BCUT2D eigenvalue weighted by Gasteiger charge is -2.14. The molecule has 1 amide bonds. The van der Waals surface area contributed by atoms with Gasteiger partial charge in [-0.2, -0.15) is 5.10 Å². The Morgan fingerprint density at radius 2 is 1.86 bits per heavy atom. The van der Waals surface area contributed by atoms with Gasteiger partial charge in [0, 0.05) is 17.3 Å². The van der Waals surface area contributed by atoms with Crippen LogP contribution in [-0.2, 0) is 11.3 Å². The number of aromatic nitrogens is 2. The molecule has 1 aliphatic rings. The zero-order chi connectivity index (χ0) is 25.9. The monoisotopic (exact) mass is 549 g/mol. The average molecular weight is 550 g/mol. The summed E-state index contributed by atoms with van der Waals surface area (Å²) in [6, 6.07) is 21.3. The minimum absolute atomic E-state index is 0.206. The van der Waals surface area contributed by atoms with Gasteiger partial charge in [0.2, 0.25) is 0 Å². The van der Waals surface area contributed by atoms with Crippen LogP contribution < -0.4 is 4.74 Å². The molecule has 0 spiro atoms. The predicted octanol–water partition coefficient (Wildman–Crippen LogP) is 7.13. The summed E-state index contributed by atoms with van der Waals surface area (Å²) in [5.74, 6) is 0.0625. The Labute approximate surface area is 228 Å². The minimum atomic E-state index is -0.327. The quantitative estimate of drug-likeness (QED) is 0.181. The van der Waals surface area contributed by atoms with Gasteiger partial charge in [0.25, 0.3) is 5.91 Å². The third-order valence-corrected chi connectivity index (χ3v) is 7.36. The summed E-state index contributed by atoms with van der Waals surface area (Å²) in [7, 11) is 0. The first-order chi connectivity index (χ1) is 17.9. The number of thiocarbonyl (C=S) groups is 1. The molecule has 1 aromatic heterocycles. The van der Waals surface area contributed by atoms with Crippen molar-refractivity contribution in [2.75, 3.05) is 6.61 Å². The zero-order valence-corrected chi connectivity index (χ0v) is 22.1. The van der Waals surface area contributed by atoms with Crippen LogP contribution in [0.5, 0.6) is 5.75 Å². The van der Waals surface area contributed by atoms with Crippen molar-refractivity contribution in [3.05, 3.63) is 106 Å². The summed E-state index contributed by atoms with van der Waals surface area (Å²) in [6.07, 6.45) is 3.68. The molecule has 1 saturated heterocycles. The number of ether oxygens (including phenoxy) is 1. The van der Waals surface area contributed by atoms with E-state index in [1.54, 1.807) is 29.0 Å². The molecule has 37 heavy (non-hydrogen) atoms. The molecular weight excluding hydrogens is 529 g/mol. The number of carbonyl (C=O) groups excluding carboxylic acids is 1. The number of para-hydroxylation sites is 1. The number of amides is 1. The summed E-state index contributed by atoms with van der Waals surface area (Å²) in [4.78, 5) is 15.3. The Morgan fingerprint density at radius 1 is 1.11 bits per heavy atom. The van der Waals surface area contributed by atoms with Crippen LogP contribution in [0.3, 0.4) is 0 Å². The second kappa shape index (κ2) is 10.9. The number of halogens is 2. The van der Waals surface area contributed by atoms with Crippen LogP contribution in [0.15, 0.2) is 83.9 Å². The van der Waals surface area contributed by atoms with Crippen molar-refractivity contribution in [3.8, 4) is 22.7 Å². The third kappa shape index (κ3) is 5.46. The van der Waals surface area contributed by atoms with Crippen molar-refractivity contribution in [1.29, 1.82) is 0 Å². The van der Waals surface area contributed by atoms with Crippen molar-refractivity contribution in [1.82, 2.24) is 14.7 Å². The standard InChI is InChI=1S/C28H21ClFN3O2S2/c1-2-35-24-13-10-19(14-23(24)29)26-20(17-33(31-26)22-6-4-3-5-7-22)15-25-27(34)32(28(36)37-25)16-18-8-11-21(30)12-9-18/h3-15,17H,2,16H2,1H3/b25-15-. The molecule has 1 aliphatic heterocycles. The highest BCUT2D eigenvalue weighted by Crippen LogP contribution is 2.37. The topological polar surface area (TPSA) is 47.4 Å².